The number of aromatic nitrogens is 1. The highest BCUT2D eigenvalue weighted by atomic mass is 19.1. The van der Waals surface area contributed by atoms with Gasteiger partial charge in [-0.2, -0.15) is 0 Å². The number of carbonyl (C=O) groups is 1. The van der Waals surface area contributed by atoms with Gasteiger partial charge in [-0.25, -0.2) is 4.39 Å². The average molecular weight is 363 g/mol. The van der Waals surface area contributed by atoms with Gasteiger partial charge in [-0.05, 0) is 49.6 Å². The van der Waals surface area contributed by atoms with Crippen molar-refractivity contribution in [1.82, 2.24) is 9.88 Å². The van der Waals surface area contributed by atoms with E-state index in [4.69, 9.17) is 0 Å². The first-order valence-corrected chi connectivity index (χ1v) is 9.18. The molecule has 1 amide bonds. The Bertz CT molecular complexity index is 1010. The molecule has 0 bridgehead atoms. The standard InChI is InChI=1S/C22H22FN3O/c1-14-6-7-16(10-19(14)23)22(27)26-9-8-18(13-26)25-20-5-3-4-17-12-24-11-15(2)21(17)20/h3-7,10-12,18,25H,8-9,13H2,1-2H3. The Morgan fingerprint density at radius 2 is 2.04 bits per heavy atom. The molecule has 1 aliphatic rings. The van der Waals surface area contributed by atoms with Crippen molar-refractivity contribution in [1.29, 1.82) is 0 Å². The van der Waals surface area contributed by atoms with E-state index in [0.717, 1.165) is 28.4 Å². The number of benzene rings is 2. The van der Waals surface area contributed by atoms with Crippen LogP contribution in [0.25, 0.3) is 10.8 Å². The average Bonchev–Trinajstić information content (AvgIpc) is 3.12. The summed E-state index contributed by atoms with van der Waals surface area (Å²) >= 11 is 0. The number of nitrogens with one attached hydrogen (secondary N) is 1. The third-order valence-electron chi connectivity index (χ3n) is 5.23. The fourth-order valence-electron chi connectivity index (χ4n) is 3.72. The van der Waals surface area contributed by atoms with Crippen molar-refractivity contribution in [3.05, 3.63) is 71.3 Å². The van der Waals surface area contributed by atoms with Gasteiger partial charge in [-0.15, -0.1) is 0 Å². The van der Waals surface area contributed by atoms with Crippen LogP contribution in [0.2, 0.25) is 0 Å². The first-order chi connectivity index (χ1) is 13.0. The lowest BCUT2D eigenvalue weighted by Crippen LogP contribution is -2.31. The van der Waals surface area contributed by atoms with Gasteiger partial charge in [0.25, 0.3) is 5.91 Å². The zero-order chi connectivity index (χ0) is 19.0. The fraction of sp³-hybridized carbons (Fsp3) is 0.273. The highest BCUT2D eigenvalue weighted by Gasteiger charge is 2.27. The molecule has 4 nitrogen and oxygen atoms in total. The minimum absolute atomic E-state index is 0.114. The molecule has 0 spiro atoms. The van der Waals surface area contributed by atoms with Gasteiger partial charge in [-0.1, -0.05) is 18.2 Å². The summed E-state index contributed by atoms with van der Waals surface area (Å²) in [5, 5.41) is 5.85. The van der Waals surface area contributed by atoms with E-state index in [0.29, 0.717) is 24.2 Å². The summed E-state index contributed by atoms with van der Waals surface area (Å²) in [7, 11) is 0. The van der Waals surface area contributed by atoms with Crippen LogP contribution in [0.4, 0.5) is 10.1 Å². The largest absolute Gasteiger partial charge is 0.380 e. The number of hydrogen-bond acceptors (Lipinski definition) is 3. The van der Waals surface area contributed by atoms with Crippen LogP contribution in [0, 0.1) is 19.7 Å². The van der Waals surface area contributed by atoms with Crippen LogP contribution in [-0.2, 0) is 0 Å². The fourth-order valence-corrected chi connectivity index (χ4v) is 3.72. The molecule has 5 heteroatoms. The smallest absolute Gasteiger partial charge is 0.254 e. The number of amides is 1. The normalized spacial score (nSPS) is 16.7. The Kier molecular flexibility index (Phi) is 4.52. The molecule has 1 unspecified atom stereocenters. The number of carbonyl (C=O) groups excluding carboxylic acids is 1. The Labute approximate surface area is 158 Å². The third kappa shape index (κ3) is 3.37. The van der Waals surface area contributed by atoms with E-state index >= 15 is 0 Å². The SMILES string of the molecule is Cc1ccc(C(=O)N2CCC(Nc3cccc4cncc(C)c34)C2)cc1F. The third-order valence-corrected chi connectivity index (χ3v) is 5.23. The molecule has 0 aliphatic carbocycles. The van der Waals surface area contributed by atoms with E-state index in [1.54, 1.807) is 24.0 Å². The van der Waals surface area contributed by atoms with Crippen molar-refractivity contribution in [2.45, 2.75) is 26.3 Å². The minimum Gasteiger partial charge on any atom is -0.380 e. The zero-order valence-corrected chi connectivity index (χ0v) is 15.5. The van der Waals surface area contributed by atoms with Crippen molar-refractivity contribution < 1.29 is 9.18 Å². The maximum Gasteiger partial charge on any atom is 0.254 e. The Balaban J connectivity index is 1.50. The molecule has 1 aliphatic heterocycles. The number of likely N-dealkylation sites (tertiary alicyclic amines) is 1. The molecule has 3 aromatic rings. The van der Waals surface area contributed by atoms with E-state index in [9.17, 15) is 9.18 Å². The van der Waals surface area contributed by atoms with Gasteiger partial charge in [0.1, 0.15) is 5.82 Å². The first kappa shape index (κ1) is 17.5. The first-order valence-electron chi connectivity index (χ1n) is 9.18. The van der Waals surface area contributed by atoms with E-state index in [2.05, 4.69) is 29.4 Å². The van der Waals surface area contributed by atoms with Crippen LogP contribution in [0.3, 0.4) is 0 Å². The molecule has 1 fully saturated rings. The number of halogens is 1. The molecule has 27 heavy (non-hydrogen) atoms. The number of aryl methyl sites for hydroxylation is 2. The van der Waals surface area contributed by atoms with Gasteiger partial charge in [-0.3, -0.25) is 9.78 Å². The van der Waals surface area contributed by atoms with Crippen molar-refractivity contribution in [2.24, 2.45) is 0 Å². The van der Waals surface area contributed by atoms with E-state index in [1.807, 2.05) is 18.5 Å². The molecular formula is C22H22FN3O. The highest BCUT2D eigenvalue weighted by molar-refractivity contribution is 5.96. The molecule has 1 atom stereocenters. The van der Waals surface area contributed by atoms with Crippen LogP contribution in [0.1, 0.15) is 27.9 Å². The number of rotatable bonds is 3. The maximum absolute atomic E-state index is 13.8. The Morgan fingerprint density at radius 3 is 2.85 bits per heavy atom. The van der Waals surface area contributed by atoms with Crippen LogP contribution in [0.5, 0.6) is 0 Å². The molecule has 2 aromatic carbocycles. The summed E-state index contributed by atoms with van der Waals surface area (Å²) in [6.07, 6.45) is 4.59. The molecule has 0 saturated carbocycles. The molecule has 1 saturated heterocycles. The van der Waals surface area contributed by atoms with Crippen molar-refractivity contribution in [2.75, 3.05) is 18.4 Å². The second kappa shape index (κ2) is 6.99. The highest BCUT2D eigenvalue weighted by Crippen LogP contribution is 2.28. The van der Waals surface area contributed by atoms with Crippen molar-refractivity contribution in [3.8, 4) is 0 Å². The van der Waals surface area contributed by atoms with Crippen LogP contribution in [0.15, 0.2) is 48.8 Å². The van der Waals surface area contributed by atoms with E-state index in [-0.39, 0.29) is 17.8 Å². The number of hydrogen-bond donors (Lipinski definition) is 1. The van der Waals surface area contributed by atoms with E-state index in [1.165, 1.54) is 6.07 Å². The number of anilines is 1. The summed E-state index contributed by atoms with van der Waals surface area (Å²) in [5.41, 5.74) is 3.14. The van der Waals surface area contributed by atoms with Crippen molar-refractivity contribution >= 4 is 22.4 Å². The van der Waals surface area contributed by atoms with Crippen LogP contribution in [-0.4, -0.2) is 34.9 Å². The summed E-state index contributed by atoms with van der Waals surface area (Å²) in [5.74, 6) is -0.453. The lowest BCUT2D eigenvalue weighted by molar-refractivity contribution is 0.0791. The van der Waals surface area contributed by atoms with Gasteiger partial charge in [0.15, 0.2) is 0 Å². The summed E-state index contributed by atoms with van der Waals surface area (Å²) in [6, 6.07) is 11.0. The predicted molar refractivity (Wildman–Crippen MR) is 106 cm³/mol. The predicted octanol–water partition coefficient (Wildman–Crippen LogP) is 4.32. The van der Waals surface area contributed by atoms with Gasteiger partial charge in [0, 0.05) is 53.5 Å². The van der Waals surface area contributed by atoms with Gasteiger partial charge in [0.05, 0.1) is 0 Å². The van der Waals surface area contributed by atoms with E-state index < -0.39 is 0 Å². The minimum atomic E-state index is -0.338. The Hall–Kier alpha value is -2.95. The molecule has 0 radical (unpaired) electrons. The van der Waals surface area contributed by atoms with Crippen LogP contribution >= 0.6 is 0 Å². The number of pyridine rings is 1. The van der Waals surface area contributed by atoms with Crippen molar-refractivity contribution in [3.63, 3.8) is 0 Å². The van der Waals surface area contributed by atoms with Crippen LogP contribution < -0.4 is 5.32 Å². The second-order valence-electron chi connectivity index (χ2n) is 7.21. The zero-order valence-electron chi connectivity index (χ0n) is 15.5. The maximum atomic E-state index is 13.8. The molecule has 1 aromatic heterocycles. The van der Waals surface area contributed by atoms with Gasteiger partial charge in [0.2, 0.25) is 0 Å². The van der Waals surface area contributed by atoms with Gasteiger partial charge < -0.3 is 10.2 Å². The summed E-state index contributed by atoms with van der Waals surface area (Å²) in [4.78, 5) is 18.7. The molecule has 4 rings (SSSR count). The number of fused-ring (bicyclic) bond motifs is 1. The summed E-state index contributed by atoms with van der Waals surface area (Å²) < 4.78 is 13.8. The monoisotopic (exact) mass is 363 g/mol. The molecule has 138 valence electrons. The Morgan fingerprint density at radius 1 is 1.19 bits per heavy atom. The lowest BCUT2D eigenvalue weighted by Gasteiger charge is -2.19. The molecular weight excluding hydrogens is 341 g/mol. The summed E-state index contributed by atoms with van der Waals surface area (Å²) in [6.45, 7) is 5.02. The second-order valence-corrected chi connectivity index (χ2v) is 7.21. The topological polar surface area (TPSA) is 45.2 Å². The molecule has 2 heterocycles. The number of nitrogens with zero attached hydrogens (tertiary/aromatic N) is 2. The lowest BCUT2D eigenvalue weighted by atomic mass is 10.1. The molecule has 1 N–H and O–H groups in total. The quantitative estimate of drug-likeness (QED) is 0.754. The van der Waals surface area contributed by atoms with Gasteiger partial charge >= 0.3 is 0 Å².